The highest BCUT2D eigenvalue weighted by Gasteiger charge is 2.02. The Labute approximate surface area is 87.6 Å². The van der Waals surface area contributed by atoms with Gasteiger partial charge in [-0.25, -0.2) is 0 Å². The van der Waals surface area contributed by atoms with E-state index in [9.17, 15) is 4.79 Å². The highest BCUT2D eigenvalue weighted by molar-refractivity contribution is 5.73. The molecule has 1 rings (SSSR count). The topological polar surface area (TPSA) is 67.8 Å². The molecule has 0 heterocycles. The molecular weight excluding hydrogens is 198 g/mol. The van der Waals surface area contributed by atoms with Gasteiger partial charge in [0.1, 0.15) is 18.0 Å². The van der Waals surface area contributed by atoms with Crippen molar-refractivity contribution in [2.75, 3.05) is 26.1 Å². The second-order valence-electron chi connectivity index (χ2n) is 2.85. The Morgan fingerprint density at radius 2 is 1.80 bits per heavy atom. The van der Waals surface area contributed by atoms with Crippen LogP contribution in [0.2, 0.25) is 0 Å². The number of carbonyl (C=O) groups is 1. The maximum atomic E-state index is 10.4. The van der Waals surface area contributed by atoms with Gasteiger partial charge < -0.3 is 19.9 Å². The van der Waals surface area contributed by atoms with Crippen LogP contribution in [0.1, 0.15) is 0 Å². The fraction of sp³-hybridized carbons (Fsp3) is 0.300. The molecule has 0 aromatic heterocycles. The maximum absolute atomic E-state index is 10.4. The van der Waals surface area contributed by atoms with Crippen LogP contribution in [0, 0.1) is 0 Å². The van der Waals surface area contributed by atoms with Gasteiger partial charge in [0.2, 0.25) is 0 Å². The van der Waals surface area contributed by atoms with Gasteiger partial charge in [-0.3, -0.25) is 4.79 Å². The first-order valence-electron chi connectivity index (χ1n) is 4.34. The molecule has 0 fully saturated rings. The van der Waals surface area contributed by atoms with Crippen LogP contribution < -0.4 is 14.8 Å². The largest absolute Gasteiger partial charge is 0.497 e. The van der Waals surface area contributed by atoms with Gasteiger partial charge in [0, 0.05) is 23.9 Å². The van der Waals surface area contributed by atoms with E-state index in [0.29, 0.717) is 17.2 Å². The molecule has 0 aliphatic carbocycles. The zero-order valence-corrected chi connectivity index (χ0v) is 8.61. The van der Waals surface area contributed by atoms with Crippen molar-refractivity contribution < 1.29 is 19.4 Å². The summed E-state index contributed by atoms with van der Waals surface area (Å²) in [7, 11) is 3.07. The van der Waals surface area contributed by atoms with Crippen molar-refractivity contribution in [1.82, 2.24) is 0 Å². The Morgan fingerprint density at radius 3 is 2.20 bits per heavy atom. The van der Waals surface area contributed by atoms with E-state index in [4.69, 9.17) is 14.6 Å². The SMILES string of the molecule is COc1cc(NCC(=O)O)cc(OC)c1. The van der Waals surface area contributed by atoms with Crippen LogP contribution in [0.4, 0.5) is 5.69 Å². The van der Waals surface area contributed by atoms with Crippen LogP contribution in [-0.2, 0) is 4.79 Å². The first-order chi connectivity index (χ1) is 7.15. The molecule has 0 amide bonds. The van der Waals surface area contributed by atoms with E-state index in [0.717, 1.165) is 0 Å². The quantitative estimate of drug-likeness (QED) is 0.766. The number of carboxylic acid groups (broad SMARTS) is 1. The summed E-state index contributed by atoms with van der Waals surface area (Å²) in [6, 6.07) is 5.11. The zero-order chi connectivity index (χ0) is 11.3. The van der Waals surface area contributed by atoms with Crippen molar-refractivity contribution in [2.45, 2.75) is 0 Å². The molecule has 0 spiro atoms. The summed E-state index contributed by atoms with van der Waals surface area (Å²) in [6.07, 6.45) is 0. The van der Waals surface area contributed by atoms with E-state index in [1.165, 1.54) is 14.2 Å². The minimum atomic E-state index is -0.920. The number of ether oxygens (including phenoxy) is 2. The predicted octanol–water partition coefficient (Wildman–Crippen LogP) is 1.20. The van der Waals surface area contributed by atoms with Crippen LogP contribution in [0.25, 0.3) is 0 Å². The van der Waals surface area contributed by atoms with Crippen molar-refractivity contribution in [3.05, 3.63) is 18.2 Å². The Morgan fingerprint density at radius 1 is 1.27 bits per heavy atom. The fourth-order valence-corrected chi connectivity index (χ4v) is 1.09. The molecule has 1 aromatic carbocycles. The lowest BCUT2D eigenvalue weighted by Crippen LogP contribution is -2.12. The summed E-state index contributed by atoms with van der Waals surface area (Å²) >= 11 is 0. The molecule has 0 atom stereocenters. The molecule has 5 nitrogen and oxygen atoms in total. The number of carboxylic acids is 1. The molecule has 0 bridgehead atoms. The van der Waals surface area contributed by atoms with Crippen LogP contribution in [0.3, 0.4) is 0 Å². The lowest BCUT2D eigenvalue weighted by Gasteiger charge is -2.08. The van der Waals surface area contributed by atoms with Crippen LogP contribution in [0.5, 0.6) is 11.5 Å². The van der Waals surface area contributed by atoms with Gasteiger partial charge in [-0.2, -0.15) is 0 Å². The zero-order valence-electron chi connectivity index (χ0n) is 8.61. The second kappa shape index (κ2) is 5.09. The Hall–Kier alpha value is -1.91. The molecule has 0 unspecified atom stereocenters. The molecule has 5 heteroatoms. The second-order valence-corrected chi connectivity index (χ2v) is 2.85. The highest BCUT2D eigenvalue weighted by atomic mass is 16.5. The number of anilines is 1. The smallest absolute Gasteiger partial charge is 0.322 e. The third kappa shape index (κ3) is 3.38. The number of hydrogen-bond acceptors (Lipinski definition) is 4. The average Bonchev–Trinajstić information content (AvgIpc) is 2.25. The standard InChI is InChI=1S/C10H13NO4/c1-14-8-3-7(11-6-10(12)13)4-9(5-8)15-2/h3-5,11H,6H2,1-2H3,(H,12,13). The predicted molar refractivity (Wildman–Crippen MR) is 55.7 cm³/mol. The van der Waals surface area contributed by atoms with E-state index >= 15 is 0 Å². The maximum Gasteiger partial charge on any atom is 0.322 e. The molecule has 0 saturated heterocycles. The van der Waals surface area contributed by atoms with E-state index in [1.807, 2.05) is 0 Å². The normalized spacial score (nSPS) is 9.47. The van der Waals surface area contributed by atoms with Gasteiger partial charge in [0.25, 0.3) is 0 Å². The molecule has 82 valence electrons. The van der Waals surface area contributed by atoms with Gasteiger partial charge in [-0.1, -0.05) is 0 Å². The Bertz CT molecular complexity index is 329. The number of aliphatic carboxylic acids is 1. The first kappa shape index (κ1) is 11.2. The summed E-state index contributed by atoms with van der Waals surface area (Å²) in [4.78, 5) is 10.4. The van der Waals surface area contributed by atoms with Gasteiger partial charge in [0.15, 0.2) is 0 Å². The van der Waals surface area contributed by atoms with E-state index in [1.54, 1.807) is 18.2 Å². The van der Waals surface area contributed by atoms with Gasteiger partial charge in [0.05, 0.1) is 14.2 Å². The first-order valence-corrected chi connectivity index (χ1v) is 4.34. The third-order valence-corrected chi connectivity index (χ3v) is 1.80. The van der Waals surface area contributed by atoms with Crippen molar-refractivity contribution >= 4 is 11.7 Å². The van der Waals surface area contributed by atoms with Gasteiger partial charge in [-0.05, 0) is 0 Å². The summed E-state index contributed by atoms with van der Waals surface area (Å²) in [6.45, 7) is -0.143. The van der Waals surface area contributed by atoms with Crippen molar-refractivity contribution in [3.63, 3.8) is 0 Å². The summed E-state index contributed by atoms with van der Waals surface area (Å²) in [5, 5.41) is 11.2. The minimum absolute atomic E-state index is 0.143. The Kier molecular flexibility index (Phi) is 3.79. The van der Waals surface area contributed by atoms with E-state index in [-0.39, 0.29) is 6.54 Å². The fourth-order valence-electron chi connectivity index (χ4n) is 1.09. The molecule has 0 radical (unpaired) electrons. The number of methoxy groups -OCH3 is 2. The number of nitrogens with one attached hydrogen (secondary N) is 1. The molecule has 2 N–H and O–H groups in total. The highest BCUT2D eigenvalue weighted by Crippen LogP contribution is 2.25. The van der Waals surface area contributed by atoms with Crippen molar-refractivity contribution in [2.24, 2.45) is 0 Å². The van der Waals surface area contributed by atoms with Crippen molar-refractivity contribution in [1.29, 1.82) is 0 Å². The molecule has 15 heavy (non-hydrogen) atoms. The van der Waals surface area contributed by atoms with Crippen LogP contribution >= 0.6 is 0 Å². The van der Waals surface area contributed by atoms with E-state index in [2.05, 4.69) is 5.32 Å². The van der Waals surface area contributed by atoms with E-state index < -0.39 is 5.97 Å². The lowest BCUT2D eigenvalue weighted by atomic mass is 10.2. The third-order valence-electron chi connectivity index (χ3n) is 1.80. The summed E-state index contributed by atoms with van der Waals surface area (Å²) < 4.78 is 10.1. The lowest BCUT2D eigenvalue weighted by molar-refractivity contribution is -0.134. The molecule has 0 aliphatic heterocycles. The average molecular weight is 211 g/mol. The monoisotopic (exact) mass is 211 g/mol. The molecule has 1 aromatic rings. The van der Waals surface area contributed by atoms with Crippen molar-refractivity contribution in [3.8, 4) is 11.5 Å². The number of hydrogen-bond donors (Lipinski definition) is 2. The number of rotatable bonds is 5. The Balaban J connectivity index is 2.81. The van der Waals surface area contributed by atoms with Gasteiger partial charge >= 0.3 is 5.97 Å². The minimum Gasteiger partial charge on any atom is -0.497 e. The molecule has 0 aliphatic rings. The molecular formula is C10H13NO4. The van der Waals surface area contributed by atoms with Crippen LogP contribution in [-0.4, -0.2) is 31.8 Å². The summed E-state index contributed by atoms with van der Waals surface area (Å²) in [5.41, 5.74) is 0.647. The summed E-state index contributed by atoms with van der Waals surface area (Å²) in [5.74, 6) is 0.307. The van der Waals surface area contributed by atoms with Crippen LogP contribution in [0.15, 0.2) is 18.2 Å². The molecule has 0 saturated carbocycles. The van der Waals surface area contributed by atoms with Gasteiger partial charge in [-0.15, -0.1) is 0 Å². The number of benzene rings is 1.